The lowest BCUT2D eigenvalue weighted by Crippen LogP contribution is -2.02. The summed E-state index contributed by atoms with van der Waals surface area (Å²) in [6.45, 7) is 0.797. The quantitative estimate of drug-likeness (QED) is 0.566. The molecule has 0 spiro atoms. The van der Waals surface area contributed by atoms with Gasteiger partial charge in [-0.05, 0) is 29.8 Å². The van der Waals surface area contributed by atoms with Crippen LogP contribution in [0.3, 0.4) is 0 Å². The first-order valence-electron chi connectivity index (χ1n) is 7.31. The van der Waals surface area contributed by atoms with Gasteiger partial charge in [0.25, 0.3) is 0 Å². The maximum absolute atomic E-state index is 4.80. The van der Waals surface area contributed by atoms with Gasteiger partial charge in [-0.2, -0.15) is 0 Å². The van der Waals surface area contributed by atoms with Crippen LogP contribution < -0.4 is 0 Å². The van der Waals surface area contributed by atoms with E-state index in [0.717, 1.165) is 29.0 Å². The lowest BCUT2D eigenvalue weighted by Gasteiger charge is -2.09. The van der Waals surface area contributed by atoms with Crippen LogP contribution in [-0.4, -0.2) is 14.5 Å². The maximum atomic E-state index is 4.80. The first-order chi connectivity index (χ1) is 10.9. The van der Waals surface area contributed by atoms with E-state index in [0.29, 0.717) is 0 Å². The van der Waals surface area contributed by atoms with Crippen molar-refractivity contribution >= 4 is 11.0 Å². The summed E-state index contributed by atoms with van der Waals surface area (Å²) < 4.78 is 2.25. The fraction of sp³-hybridized carbons (Fsp3) is 0.0526. The molecule has 2 aromatic heterocycles. The molecule has 0 N–H and O–H groups in total. The van der Waals surface area contributed by atoms with Gasteiger partial charge in [0.2, 0.25) is 0 Å². The highest BCUT2D eigenvalue weighted by molar-refractivity contribution is 5.80. The Morgan fingerprint density at radius 3 is 2.45 bits per heavy atom. The highest BCUT2D eigenvalue weighted by atomic mass is 15.1. The molecule has 0 amide bonds. The second kappa shape index (κ2) is 5.45. The highest BCUT2D eigenvalue weighted by Gasteiger charge is 2.12. The van der Waals surface area contributed by atoms with Gasteiger partial charge >= 0.3 is 0 Å². The van der Waals surface area contributed by atoms with Crippen LogP contribution in [0.5, 0.6) is 0 Å². The van der Waals surface area contributed by atoms with Crippen molar-refractivity contribution in [2.24, 2.45) is 0 Å². The predicted octanol–water partition coefficient (Wildman–Crippen LogP) is 4.15. The van der Waals surface area contributed by atoms with E-state index in [9.17, 15) is 0 Å². The molecule has 0 unspecified atom stereocenters. The molecule has 2 heterocycles. The van der Waals surface area contributed by atoms with Crippen LogP contribution in [0, 0.1) is 0 Å². The van der Waals surface area contributed by atoms with E-state index in [1.807, 2.05) is 24.4 Å². The molecule has 0 radical (unpaired) electrons. The van der Waals surface area contributed by atoms with E-state index in [-0.39, 0.29) is 0 Å². The van der Waals surface area contributed by atoms with Crippen molar-refractivity contribution in [1.82, 2.24) is 14.5 Å². The number of nitrogens with zero attached hydrogens (tertiary/aromatic N) is 3. The monoisotopic (exact) mass is 285 g/mol. The molecule has 0 aliphatic carbocycles. The van der Waals surface area contributed by atoms with Gasteiger partial charge in [-0.1, -0.05) is 42.5 Å². The number of imidazole rings is 1. The van der Waals surface area contributed by atoms with Crippen LogP contribution in [0.15, 0.2) is 79.1 Å². The molecule has 0 fully saturated rings. The molecule has 106 valence electrons. The summed E-state index contributed by atoms with van der Waals surface area (Å²) in [5, 5.41) is 0. The van der Waals surface area contributed by atoms with Crippen molar-refractivity contribution in [2.75, 3.05) is 0 Å². The van der Waals surface area contributed by atoms with Gasteiger partial charge in [-0.3, -0.25) is 4.98 Å². The molecule has 0 aliphatic heterocycles. The predicted molar refractivity (Wildman–Crippen MR) is 88.5 cm³/mol. The zero-order valence-corrected chi connectivity index (χ0v) is 12.1. The Kier molecular flexibility index (Phi) is 3.16. The van der Waals surface area contributed by atoms with Crippen molar-refractivity contribution in [1.29, 1.82) is 0 Å². The van der Waals surface area contributed by atoms with Crippen molar-refractivity contribution < 1.29 is 0 Å². The molecule has 0 bridgehead atoms. The third kappa shape index (κ3) is 2.27. The third-order valence-corrected chi connectivity index (χ3v) is 3.76. The number of aromatic nitrogens is 3. The van der Waals surface area contributed by atoms with Crippen molar-refractivity contribution in [2.45, 2.75) is 6.54 Å². The van der Waals surface area contributed by atoms with Crippen molar-refractivity contribution in [3.05, 3.63) is 84.7 Å². The summed E-state index contributed by atoms with van der Waals surface area (Å²) in [5.74, 6) is 0.957. The Hall–Kier alpha value is -2.94. The van der Waals surface area contributed by atoms with E-state index in [1.54, 1.807) is 6.20 Å². The minimum Gasteiger partial charge on any atom is -0.319 e. The van der Waals surface area contributed by atoms with Crippen LogP contribution in [0.25, 0.3) is 22.4 Å². The molecule has 2 aromatic carbocycles. The van der Waals surface area contributed by atoms with Gasteiger partial charge < -0.3 is 4.57 Å². The van der Waals surface area contributed by atoms with Crippen LogP contribution in [0.4, 0.5) is 0 Å². The second-order valence-corrected chi connectivity index (χ2v) is 5.24. The summed E-state index contributed by atoms with van der Waals surface area (Å²) in [6, 6.07) is 22.7. The zero-order chi connectivity index (χ0) is 14.8. The van der Waals surface area contributed by atoms with Gasteiger partial charge in [0, 0.05) is 24.5 Å². The number of pyridine rings is 1. The maximum Gasteiger partial charge on any atom is 0.143 e. The number of hydrogen-bond donors (Lipinski definition) is 0. The first-order valence-corrected chi connectivity index (χ1v) is 7.31. The van der Waals surface area contributed by atoms with Gasteiger partial charge in [-0.25, -0.2) is 4.98 Å². The van der Waals surface area contributed by atoms with Crippen LogP contribution in [0.1, 0.15) is 5.56 Å². The molecule has 3 nitrogen and oxygen atoms in total. The standard InChI is InChI=1S/C19H15N3/c1-2-7-15(8-3-1)14-22-18-11-5-4-10-17(18)21-19(22)16-9-6-12-20-13-16/h1-13H,14H2. The Labute approximate surface area is 128 Å². The first kappa shape index (κ1) is 12.8. The minimum absolute atomic E-state index is 0.797. The fourth-order valence-electron chi connectivity index (χ4n) is 2.72. The second-order valence-electron chi connectivity index (χ2n) is 5.24. The number of hydrogen-bond acceptors (Lipinski definition) is 2. The van der Waals surface area contributed by atoms with E-state index in [4.69, 9.17) is 4.98 Å². The third-order valence-electron chi connectivity index (χ3n) is 3.76. The highest BCUT2D eigenvalue weighted by Crippen LogP contribution is 2.25. The molecule has 0 saturated heterocycles. The summed E-state index contributed by atoms with van der Waals surface area (Å²) in [6.07, 6.45) is 3.65. The molecule has 0 atom stereocenters. The summed E-state index contributed by atoms with van der Waals surface area (Å²) in [4.78, 5) is 9.03. The SMILES string of the molecule is c1ccc(Cn2c(-c3cccnc3)nc3ccccc32)cc1. The molecule has 3 heteroatoms. The molecular weight excluding hydrogens is 270 g/mol. The van der Waals surface area contributed by atoms with E-state index < -0.39 is 0 Å². The van der Waals surface area contributed by atoms with Crippen LogP contribution in [0.2, 0.25) is 0 Å². The lowest BCUT2D eigenvalue weighted by atomic mass is 10.2. The molecule has 4 aromatic rings. The minimum atomic E-state index is 0.797. The van der Waals surface area contributed by atoms with Gasteiger partial charge in [0.05, 0.1) is 11.0 Å². The van der Waals surface area contributed by atoms with Crippen LogP contribution in [-0.2, 0) is 6.54 Å². The Morgan fingerprint density at radius 1 is 0.818 bits per heavy atom. The molecule has 22 heavy (non-hydrogen) atoms. The fourth-order valence-corrected chi connectivity index (χ4v) is 2.72. The Morgan fingerprint density at radius 2 is 1.64 bits per heavy atom. The molecule has 4 rings (SSSR count). The summed E-state index contributed by atoms with van der Waals surface area (Å²) in [7, 11) is 0. The van der Waals surface area contributed by atoms with Crippen molar-refractivity contribution in [3.8, 4) is 11.4 Å². The Bertz CT molecular complexity index is 896. The topological polar surface area (TPSA) is 30.7 Å². The molecular formula is C19H15N3. The average molecular weight is 285 g/mol. The number of para-hydroxylation sites is 2. The van der Waals surface area contributed by atoms with E-state index in [1.165, 1.54) is 5.56 Å². The Balaban J connectivity index is 1.91. The lowest BCUT2D eigenvalue weighted by molar-refractivity contribution is 0.834. The number of fused-ring (bicyclic) bond motifs is 1. The van der Waals surface area contributed by atoms with Gasteiger partial charge in [0.1, 0.15) is 5.82 Å². The number of benzene rings is 2. The largest absolute Gasteiger partial charge is 0.319 e. The van der Waals surface area contributed by atoms with E-state index >= 15 is 0 Å². The van der Waals surface area contributed by atoms with E-state index in [2.05, 4.69) is 58.1 Å². The molecule has 0 saturated carbocycles. The van der Waals surface area contributed by atoms with Crippen LogP contribution >= 0.6 is 0 Å². The van der Waals surface area contributed by atoms with Crippen molar-refractivity contribution in [3.63, 3.8) is 0 Å². The zero-order valence-electron chi connectivity index (χ0n) is 12.1. The average Bonchev–Trinajstić information content (AvgIpc) is 2.95. The molecule has 0 aliphatic rings. The summed E-state index contributed by atoms with van der Waals surface area (Å²) in [5.41, 5.74) is 4.45. The van der Waals surface area contributed by atoms with Gasteiger partial charge in [0.15, 0.2) is 0 Å². The smallest absolute Gasteiger partial charge is 0.143 e. The van der Waals surface area contributed by atoms with Gasteiger partial charge in [-0.15, -0.1) is 0 Å². The normalized spacial score (nSPS) is 10.9. The summed E-state index contributed by atoms with van der Waals surface area (Å²) >= 11 is 0. The number of rotatable bonds is 3.